The molecular weight excluding hydrogens is 400 g/mol. The van der Waals surface area contributed by atoms with Crippen LogP contribution in [0.2, 0.25) is 0 Å². The number of amides is 2. The minimum atomic E-state index is -3.53. The van der Waals surface area contributed by atoms with Crippen LogP contribution in [0.4, 0.5) is 10.5 Å². The Hall–Kier alpha value is -2.45. The lowest BCUT2D eigenvalue weighted by Gasteiger charge is -2.43. The van der Waals surface area contributed by atoms with Crippen molar-refractivity contribution >= 4 is 21.7 Å². The highest BCUT2D eigenvalue weighted by molar-refractivity contribution is 7.89. The van der Waals surface area contributed by atoms with Gasteiger partial charge in [-0.25, -0.2) is 13.2 Å². The van der Waals surface area contributed by atoms with Crippen LogP contribution < -0.4 is 10.6 Å². The van der Waals surface area contributed by atoms with Crippen molar-refractivity contribution in [2.45, 2.75) is 56.0 Å². The van der Waals surface area contributed by atoms with E-state index < -0.39 is 10.0 Å². The van der Waals surface area contributed by atoms with E-state index in [0.717, 1.165) is 37.7 Å². The SMILES string of the molecule is O=C(NCc1cccnc1)Nc1ccc(S(=O)(=O)N2CCCC3CCCCC32)cc1. The molecule has 0 spiro atoms. The van der Waals surface area contributed by atoms with Gasteiger partial charge in [-0.2, -0.15) is 4.31 Å². The molecule has 2 atom stereocenters. The topological polar surface area (TPSA) is 91.4 Å². The summed E-state index contributed by atoms with van der Waals surface area (Å²) < 4.78 is 28.2. The third-order valence-corrected chi connectivity index (χ3v) is 8.03. The standard InChI is InChI=1S/C22H28N4O3S/c27-22(24-16-17-5-3-13-23-15-17)25-19-9-11-20(12-10-19)30(28,29)26-14-4-7-18-6-1-2-8-21(18)26/h3,5,9-13,15,18,21H,1-2,4,6-8,14,16H2,(H2,24,25,27). The highest BCUT2D eigenvalue weighted by Gasteiger charge is 2.39. The van der Waals surface area contributed by atoms with Crippen molar-refractivity contribution in [2.75, 3.05) is 11.9 Å². The summed E-state index contributed by atoms with van der Waals surface area (Å²) in [5.41, 5.74) is 1.45. The lowest BCUT2D eigenvalue weighted by molar-refractivity contribution is 0.129. The number of anilines is 1. The molecule has 2 fully saturated rings. The van der Waals surface area contributed by atoms with Crippen LogP contribution in [0.1, 0.15) is 44.1 Å². The first-order valence-corrected chi connectivity index (χ1v) is 12.0. The Morgan fingerprint density at radius 1 is 1.07 bits per heavy atom. The second kappa shape index (κ2) is 9.14. The number of piperidine rings is 1. The highest BCUT2D eigenvalue weighted by atomic mass is 32.2. The van der Waals surface area contributed by atoms with Crippen molar-refractivity contribution in [3.8, 4) is 0 Å². The van der Waals surface area contributed by atoms with Crippen LogP contribution in [0.5, 0.6) is 0 Å². The molecule has 160 valence electrons. The first kappa shape index (κ1) is 20.8. The van der Waals surface area contributed by atoms with Gasteiger partial charge in [0, 0.05) is 37.2 Å². The van der Waals surface area contributed by atoms with Gasteiger partial charge in [0.1, 0.15) is 0 Å². The molecule has 2 unspecified atom stereocenters. The van der Waals surface area contributed by atoms with E-state index in [-0.39, 0.29) is 17.0 Å². The average molecular weight is 429 g/mol. The number of rotatable bonds is 5. The molecule has 2 N–H and O–H groups in total. The fraction of sp³-hybridized carbons (Fsp3) is 0.455. The molecule has 2 amide bonds. The summed E-state index contributed by atoms with van der Waals surface area (Å²) >= 11 is 0. The lowest BCUT2D eigenvalue weighted by Crippen LogP contribution is -2.49. The second-order valence-electron chi connectivity index (χ2n) is 8.06. The second-order valence-corrected chi connectivity index (χ2v) is 9.95. The number of nitrogens with one attached hydrogen (secondary N) is 2. The van der Waals surface area contributed by atoms with Crippen LogP contribution in [0.15, 0.2) is 53.7 Å². The Bertz CT molecular complexity index is 962. The fourth-order valence-electron chi connectivity index (χ4n) is 4.58. The van der Waals surface area contributed by atoms with E-state index in [0.29, 0.717) is 24.7 Å². The number of benzene rings is 1. The van der Waals surface area contributed by atoms with E-state index in [1.54, 1.807) is 41.0 Å². The summed E-state index contributed by atoms with van der Waals surface area (Å²) in [4.78, 5) is 16.4. The van der Waals surface area contributed by atoms with Gasteiger partial charge >= 0.3 is 6.03 Å². The minimum absolute atomic E-state index is 0.133. The third kappa shape index (κ3) is 4.65. The molecule has 8 heteroatoms. The van der Waals surface area contributed by atoms with Gasteiger partial charge in [0.15, 0.2) is 0 Å². The number of urea groups is 1. The van der Waals surface area contributed by atoms with Crippen LogP contribution in [0.3, 0.4) is 0 Å². The van der Waals surface area contributed by atoms with Gasteiger partial charge in [0.25, 0.3) is 0 Å². The van der Waals surface area contributed by atoms with Crippen LogP contribution in [-0.4, -0.2) is 36.3 Å². The number of pyridine rings is 1. The highest BCUT2D eigenvalue weighted by Crippen LogP contribution is 2.38. The van der Waals surface area contributed by atoms with Crippen molar-refractivity contribution < 1.29 is 13.2 Å². The van der Waals surface area contributed by atoms with Gasteiger partial charge in [0.05, 0.1) is 4.90 Å². The molecule has 7 nitrogen and oxygen atoms in total. The van der Waals surface area contributed by atoms with E-state index >= 15 is 0 Å². The molecule has 1 aromatic carbocycles. The summed E-state index contributed by atoms with van der Waals surface area (Å²) in [7, 11) is -3.53. The molecule has 30 heavy (non-hydrogen) atoms. The van der Waals surface area contributed by atoms with Gasteiger partial charge < -0.3 is 10.6 Å². The molecule has 2 aliphatic rings. The maximum absolute atomic E-state index is 13.3. The zero-order chi connectivity index (χ0) is 21.0. The fourth-order valence-corrected chi connectivity index (χ4v) is 6.34. The number of hydrogen-bond donors (Lipinski definition) is 2. The molecule has 1 aromatic heterocycles. The first-order chi connectivity index (χ1) is 14.5. The molecule has 1 aliphatic carbocycles. The third-order valence-electron chi connectivity index (χ3n) is 6.09. The zero-order valence-electron chi connectivity index (χ0n) is 17.0. The first-order valence-electron chi connectivity index (χ1n) is 10.6. The van der Waals surface area contributed by atoms with Gasteiger partial charge in [-0.05, 0) is 67.5 Å². The molecular formula is C22H28N4O3S. The number of nitrogens with zero attached hydrogens (tertiary/aromatic N) is 2. The number of sulfonamides is 1. The molecule has 0 bridgehead atoms. The molecule has 1 saturated carbocycles. The zero-order valence-corrected chi connectivity index (χ0v) is 17.8. The maximum Gasteiger partial charge on any atom is 0.319 e. The monoisotopic (exact) mass is 428 g/mol. The van der Waals surface area contributed by atoms with Crippen molar-refractivity contribution in [2.24, 2.45) is 5.92 Å². The van der Waals surface area contributed by atoms with Gasteiger partial charge in [-0.3, -0.25) is 4.98 Å². The van der Waals surface area contributed by atoms with E-state index in [2.05, 4.69) is 15.6 Å². The predicted molar refractivity (Wildman–Crippen MR) is 115 cm³/mol. The van der Waals surface area contributed by atoms with E-state index in [4.69, 9.17) is 0 Å². The predicted octanol–water partition coefficient (Wildman–Crippen LogP) is 3.75. The number of carbonyl (C=O) groups excluding carboxylic acids is 1. The van der Waals surface area contributed by atoms with Crippen LogP contribution in [0.25, 0.3) is 0 Å². The van der Waals surface area contributed by atoms with Crippen LogP contribution in [-0.2, 0) is 16.6 Å². The van der Waals surface area contributed by atoms with Crippen LogP contribution in [0, 0.1) is 5.92 Å². The molecule has 0 radical (unpaired) electrons. The van der Waals surface area contributed by atoms with Gasteiger partial charge in [0.2, 0.25) is 10.0 Å². The molecule has 1 saturated heterocycles. The Morgan fingerprint density at radius 2 is 1.83 bits per heavy atom. The van der Waals surface area contributed by atoms with Crippen molar-refractivity contribution in [3.63, 3.8) is 0 Å². The molecule has 4 rings (SSSR count). The van der Waals surface area contributed by atoms with Gasteiger partial charge in [-0.15, -0.1) is 0 Å². The largest absolute Gasteiger partial charge is 0.334 e. The summed E-state index contributed by atoms with van der Waals surface area (Å²) in [6, 6.07) is 9.91. The van der Waals surface area contributed by atoms with Crippen LogP contribution >= 0.6 is 0 Å². The Kier molecular flexibility index (Phi) is 6.34. The number of fused-ring (bicyclic) bond motifs is 1. The average Bonchev–Trinajstić information content (AvgIpc) is 2.78. The summed E-state index contributed by atoms with van der Waals surface area (Å²) in [5, 5.41) is 5.50. The summed E-state index contributed by atoms with van der Waals surface area (Å²) in [5.74, 6) is 0.492. The Labute approximate surface area is 177 Å². The van der Waals surface area contributed by atoms with Crippen molar-refractivity contribution in [3.05, 3.63) is 54.4 Å². The van der Waals surface area contributed by atoms with E-state index in [1.807, 2.05) is 12.1 Å². The smallest absolute Gasteiger partial charge is 0.319 e. The summed E-state index contributed by atoms with van der Waals surface area (Å²) in [6.45, 7) is 0.962. The summed E-state index contributed by atoms with van der Waals surface area (Å²) in [6.07, 6.45) is 9.83. The molecule has 2 heterocycles. The lowest BCUT2D eigenvalue weighted by atomic mass is 9.79. The van der Waals surface area contributed by atoms with Gasteiger partial charge in [-0.1, -0.05) is 18.9 Å². The van der Waals surface area contributed by atoms with E-state index in [1.165, 1.54) is 6.42 Å². The Balaban J connectivity index is 1.39. The number of carbonyl (C=O) groups is 1. The van der Waals surface area contributed by atoms with Crippen molar-refractivity contribution in [1.29, 1.82) is 0 Å². The maximum atomic E-state index is 13.3. The molecule has 1 aliphatic heterocycles. The number of aromatic nitrogens is 1. The normalized spacial score (nSPS) is 22.1. The minimum Gasteiger partial charge on any atom is -0.334 e. The number of hydrogen-bond acceptors (Lipinski definition) is 4. The quantitative estimate of drug-likeness (QED) is 0.759. The van der Waals surface area contributed by atoms with Crippen molar-refractivity contribution in [1.82, 2.24) is 14.6 Å². The Morgan fingerprint density at radius 3 is 2.60 bits per heavy atom. The molecule has 2 aromatic rings. The van der Waals surface area contributed by atoms with E-state index in [9.17, 15) is 13.2 Å².